The number of aliphatic hydroxyl groups excluding tert-OH is 3. The molecule has 0 saturated carbocycles. The Balaban J connectivity index is 2.43. The molecule has 0 bridgehead atoms. The Morgan fingerprint density at radius 2 is 1.14 bits per heavy atom. The van der Waals surface area contributed by atoms with E-state index in [9.17, 15) is 15.3 Å². The molecule has 6 nitrogen and oxygen atoms in total. The largest absolute Gasteiger partial charge is 0.490 e. The second-order valence-electron chi connectivity index (χ2n) is 6.87. The molecule has 28 heavy (non-hydrogen) atoms. The van der Waals surface area contributed by atoms with Crippen LogP contribution in [0.3, 0.4) is 0 Å². The average molecular weight is 392 g/mol. The maximum atomic E-state index is 9.91. The van der Waals surface area contributed by atoms with Gasteiger partial charge in [0.2, 0.25) is 0 Å². The quantitative estimate of drug-likeness (QED) is 0.514. The van der Waals surface area contributed by atoms with Crippen molar-refractivity contribution in [3.63, 3.8) is 0 Å². The van der Waals surface area contributed by atoms with Gasteiger partial charge in [0.15, 0.2) is 11.5 Å². The number of fused-ring (bicyclic) bond motifs is 1. The lowest BCUT2D eigenvalue weighted by molar-refractivity contribution is 0.0901. The van der Waals surface area contributed by atoms with Gasteiger partial charge in [-0.05, 0) is 19.3 Å². The number of aliphatic hydroxyl groups is 3. The van der Waals surface area contributed by atoms with E-state index in [1.54, 1.807) is 6.07 Å². The van der Waals surface area contributed by atoms with Crippen molar-refractivity contribution in [2.24, 2.45) is 0 Å². The van der Waals surface area contributed by atoms with Gasteiger partial charge in [-0.3, -0.25) is 0 Å². The van der Waals surface area contributed by atoms with Gasteiger partial charge in [0, 0.05) is 16.8 Å². The van der Waals surface area contributed by atoms with Gasteiger partial charge in [-0.2, -0.15) is 0 Å². The van der Waals surface area contributed by atoms with E-state index in [1.165, 1.54) is 0 Å². The first-order valence-electron chi connectivity index (χ1n) is 9.98. The van der Waals surface area contributed by atoms with Crippen molar-refractivity contribution in [3.8, 4) is 17.2 Å². The lowest BCUT2D eigenvalue weighted by Gasteiger charge is -2.20. The lowest BCUT2D eigenvalue weighted by Crippen LogP contribution is -2.19. The van der Waals surface area contributed by atoms with Crippen LogP contribution in [0.25, 0.3) is 10.8 Å². The van der Waals surface area contributed by atoms with Crippen LogP contribution in [0, 0.1) is 0 Å². The van der Waals surface area contributed by atoms with E-state index < -0.39 is 18.3 Å². The molecule has 2 rings (SSSR count). The fraction of sp³-hybridized carbons (Fsp3) is 0.545. The topological polar surface area (TPSA) is 88.4 Å². The summed E-state index contributed by atoms with van der Waals surface area (Å²) in [5.74, 6) is 1.53. The minimum atomic E-state index is -0.591. The van der Waals surface area contributed by atoms with Crippen LogP contribution in [0.15, 0.2) is 30.3 Å². The highest BCUT2D eigenvalue weighted by Gasteiger charge is 2.18. The fourth-order valence-electron chi connectivity index (χ4n) is 2.57. The number of hydrogen-bond acceptors (Lipinski definition) is 6. The van der Waals surface area contributed by atoms with Crippen LogP contribution < -0.4 is 14.2 Å². The molecule has 0 aliphatic carbocycles. The van der Waals surface area contributed by atoms with Crippen molar-refractivity contribution in [2.75, 3.05) is 19.8 Å². The minimum absolute atomic E-state index is 0.124. The zero-order valence-corrected chi connectivity index (χ0v) is 16.9. The summed E-state index contributed by atoms with van der Waals surface area (Å²) in [6.45, 7) is 6.09. The zero-order valence-electron chi connectivity index (χ0n) is 16.9. The summed E-state index contributed by atoms with van der Waals surface area (Å²) in [6.07, 6.45) is 0.0273. The molecule has 156 valence electrons. The van der Waals surface area contributed by atoms with Gasteiger partial charge in [-0.15, -0.1) is 0 Å². The first-order chi connectivity index (χ1) is 13.5. The predicted octanol–water partition coefficient (Wildman–Crippen LogP) is 3.29. The molecule has 0 radical (unpaired) electrons. The average Bonchev–Trinajstić information content (AvgIpc) is 2.73. The molecule has 3 atom stereocenters. The number of hydrogen-bond donors (Lipinski definition) is 3. The molecule has 0 saturated heterocycles. The van der Waals surface area contributed by atoms with Gasteiger partial charge in [-0.1, -0.05) is 45.0 Å². The molecule has 0 fully saturated rings. The normalized spacial score (nSPS) is 14.5. The Labute approximate surface area is 166 Å². The van der Waals surface area contributed by atoms with Crippen molar-refractivity contribution in [1.82, 2.24) is 0 Å². The second-order valence-corrected chi connectivity index (χ2v) is 6.87. The van der Waals surface area contributed by atoms with Crippen LogP contribution in [0.1, 0.15) is 40.0 Å². The van der Waals surface area contributed by atoms with E-state index in [0.29, 0.717) is 36.5 Å². The Kier molecular flexibility index (Phi) is 8.83. The first-order valence-corrected chi connectivity index (χ1v) is 9.98. The van der Waals surface area contributed by atoms with Crippen LogP contribution in [-0.2, 0) is 0 Å². The van der Waals surface area contributed by atoms with Gasteiger partial charge in [0.05, 0.1) is 18.3 Å². The zero-order chi connectivity index (χ0) is 20.5. The standard InChI is InChI=1S/C22H32O6/c1-4-15(23)12-26-20-11-21(27-13-16(24)5-2)22(28-14-17(25)6-3)19-10-8-7-9-18(19)20/h7-11,15-17,23-25H,4-6,12-14H2,1-3H3. The predicted molar refractivity (Wildman–Crippen MR) is 109 cm³/mol. The summed E-state index contributed by atoms with van der Waals surface area (Å²) in [5.41, 5.74) is 0. The minimum Gasteiger partial charge on any atom is -0.490 e. The third-order valence-corrected chi connectivity index (χ3v) is 4.62. The second kappa shape index (κ2) is 11.1. The van der Waals surface area contributed by atoms with E-state index in [2.05, 4.69) is 0 Å². The highest BCUT2D eigenvalue weighted by Crippen LogP contribution is 2.42. The van der Waals surface area contributed by atoms with E-state index in [-0.39, 0.29) is 19.8 Å². The molecule has 0 aliphatic rings. The molecule has 3 unspecified atom stereocenters. The van der Waals surface area contributed by atoms with Crippen molar-refractivity contribution < 1.29 is 29.5 Å². The molecule has 0 amide bonds. The summed E-state index contributed by atoms with van der Waals surface area (Å²) in [5, 5.41) is 31.3. The van der Waals surface area contributed by atoms with E-state index in [1.807, 2.05) is 45.0 Å². The number of rotatable bonds is 12. The molecule has 6 heteroatoms. The fourth-order valence-corrected chi connectivity index (χ4v) is 2.57. The van der Waals surface area contributed by atoms with Crippen LogP contribution in [0.2, 0.25) is 0 Å². The third kappa shape index (κ3) is 5.99. The number of ether oxygens (including phenoxy) is 3. The van der Waals surface area contributed by atoms with Crippen LogP contribution in [0.4, 0.5) is 0 Å². The molecular weight excluding hydrogens is 360 g/mol. The van der Waals surface area contributed by atoms with E-state index in [0.717, 1.165) is 10.8 Å². The van der Waals surface area contributed by atoms with E-state index >= 15 is 0 Å². The summed E-state index contributed by atoms with van der Waals surface area (Å²) in [4.78, 5) is 0. The van der Waals surface area contributed by atoms with Crippen LogP contribution in [0.5, 0.6) is 17.2 Å². The Bertz CT molecular complexity index is 732. The van der Waals surface area contributed by atoms with E-state index in [4.69, 9.17) is 14.2 Å². The molecule has 0 aromatic heterocycles. The smallest absolute Gasteiger partial charge is 0.169 e. The monoisotopic (exact) mass is 392 g/mol. The SMILES string of the molecule is CCC(O)COc1cc(OCC(O)CC)c2ccccc2c1OCC(O)CC. The molecule has 2 aromatic carbocycles. The van der Waals surface area contributed by atoms with Crippen molar-refractivity contribution >= 4 is 10.8 Å². The van der Waals surface area contributed by atoms with Crippen molar-refractivity contribution in [3.05, 3.63) is 30.3 Å². The summed E-state index contributed by atoms with van der Waals surface area (Å²) in [6, 6.07) is 9.32. The Hall–Kier alpha value is -2.02. The maximum Gasteiger partial charge on any atom is 0.169 e. The molecular formula is C22H32O6. The van der Waals surface area contributed by atoms with Gasteiger partial charge in [0.25, 0.3) is 0 Å². The van der Waals surface area contributed by atoms with Crippen molar-refractivity contribution in [2.45, 2.75) is 58.3 Å². The highest BCUT2D eigenvalue weighted by molar-refractivity contribution is 5.95. The van der Waals surface area contributed by atoms with Gasteiger partial charge < -0.3 is 29.5 Å². The van der Waals surface area contributed by atoms with Crippen LogP contribution >= 0.6 is 0 Å². The summed E-state index contributed by atoms with van der Waals surface area (Å²) < 4.78 is 17.6. The van der Waals surface area contributed by atoms with Gasteiger partial charge in [-0.25, -0.2) is 0 Å². The maximum absolute atomic E-state index is 9.91. The molecule has 3 N–H and O–H groups in total. The molecule has 2 aromatic rings. The molecule has 0 heterocycles. The summed E-state index contributed by atoms with van der Waals surface area (Å²) >= 11 is 0. The Morgan fingerprint density at radius 1 is 0.679 bits per heavy atom. The van der Waals surface area contributed by atoms with Crippen molar-refractivity contribution in [1.29, 1.82) is 0 Å². The molecule has 0 aliphatic heterocycles. The molecule has 0 spiro atoms. The summed E-state index contributed by atoms with van der Waals surface area (Å²) in [7, 11) is 0. The number of benzene rings is 2. The highest BCUT2D eigenvalue weighted by atomic mass is 16.5. The third-order valence-electron chi connectivity index (χ3n) is 4.62. The van der Waals surface area contributed by atoms with Crippen LogP contribution in [-0.4, -0.2) is 53.5 Å². The van der Waals surface area contributed by atoms with Gasteiger partial charge >= 0.3 is 0 Å². The first kappa shape index (κ1) is 22.3. The lowest BCUT2D eigenvalue weighted by atomic mass is 10.1. The van der Waals surface area contributed by atoms with Gasteiger partial charge in [0.1, 0.15) is 25.6 Å². The Morgan fingerprint density at radius 3 is 1.68 bits per heavy atom.